The van der Waals surface area contributed by atoms with Crippen LogP contribution in [0.15, 0.2) is 6.07 Å². The number of hydrogen-bond donors (Lipinski definition) is 2. The second-order valence-electron chi connectivity index (χ2n) is 6.31. The van der Waals surface area contributed by atoms with Gasteiger partial charge in [0, 0.05) is 48.4 Å². The van der Waals surface area contributed by atoms with E-state index < -0.39 is 5.60 Å². The van der Waals surface area contributed by atoms with Crippen molar-refractivity contribution in [2.75, 3.05) is 19.8 Å². The van der Waals surface area contributed by atoms with E-state index in [9.17, 15) is 5.11 Å². The quantitative estimate of drug-likeness (QED) is 0.877. The normalized spacial score (nSPS) is 20.3. The highest BCUT2D eigenvalue weighted by Crippen LogP contribution is 2.31. The number of aryl methyl sites for hydroxylation is 2. The number of rotatable bonds is 5. The molecule has 3 nitrogen and oxygen atoms in total. The summed E-state index contributed by atoms with van der Waals surface area (Å²) >= 11 is 1.85. The Morgan fingerprint density at radius 3 is 2.50 bits per heavy atom. The predicted octanol–water partition coefficient (Wildman–Crippen LogP) is 3.19. The van der Waals surface area contributed by atoms with Gasteiger partial charge in [0.25, 0.3) is 0 Å². The van der Waals surface area contributed by atoms with Crippen LogP contribution in [0.4, 0.5) is 0 Å². The van der Waals surface area contributed by atoms with Gasteiger partial charge in [-0.3, -0.25) is 0 Å². The second kappa shape index (κ2) is 6.56. The predicted molar refractivity (Wildman–Crippen MR) is 84.4 cm³/mol. The SMILES string of the molecule is Cc1cc(C(NCC2(O)CCOCC2)C(C)C)c(C)s1. The van der Waals surface area contributed by atoms with Crippen molar-refractivity contribution in [2.24, 2.45) is 5.92 Å². The molecule has 0 aromatic carbocycles. The van der Waals surface area contributed by atoms with Crippen LogP contribution < -0.4 is 5.32 Å². The molecule has 2 rings (SSSR count). The maximum Gasteiger partial charge on any atom is 0.0815 e. The molecule has 2 N–H and O–H groups in total. The molecule has 20 heavy (non-hydrogen) atoms. The molecule has 1 aliphatic heterocycles. The maximum absolute atomic E-state index is 10.6. The van der Waals surface area contributed by atoms with Gasteiger partial charge in [0.1, 0.15) is 0 Å². The van der Waals surface area contributed by atoms with E-state index in [4.69, 9.17) is 4.74 Å². The first-order valence-electron chi connectivity index (χ1n) is 7.52. The molecular formula is C16H27NO2S. The molecule has 1 atom stereocenters. The fraction of sp³-hybridized carbons (Fsp3) is 0.750. The van der Waals surface area contributed by atoms with E-state index >= 15 is 0 Å². The van der Waals surface area contributed by atoms with Crippen molar-refractivity contribution in [3.05, 3.63) is 21.4 Å². The van der Waals surface area contributed by atoms with Crippen molar-refractivity contribution in [1.29, 1.82) is 0 Å². The summed E-state index contributed by atoms with van der Waals surface area (Å²) in [7, 11) is 0. The van der Waals surface area contributed by atoms with Gasteiger partial charge in [-0.05, 0) is 31.4 Å². The molecule has 0 spiro atoms. The fourth-order valence-electron chi connectivity index (χ4n) is 2.89. The lowest BCUT2D eigenvalue weighted by Gasteiger charge is -2.34. The standard InChI is InChI=1S/C16H27NO2S/c1-11(2)15(14-9-12(3)20-13(14)4)17-10-16(18)5-7-19-8-6-16/h9,11,15,17-18H,5-8,10H2,1-4H3. The van der Waals surface area contributed by atoms with Crippen LogP contribution in [-0.4, -0.2) is 30.5 Å². The average Bonchev–Trinajstić information content (AvgIpc) is 2.69. The lowest BCUT2D eigenvalue weighted by molar-refractivity contribution is -0.0634. The molecule has 0 saturated carbocycles. The minimum absolute atomic E-state index is 0.312. The average molecular weight is 297 g/mol. The van der Waals surface area contributed by atoms with Crippen LogP contribution in [-0.2, 0) is 4.74 Å². The Labute approximate surface area is 126 Å². The van der Waals surface area contributed by atoms with Crippen molar-refractivity contribution in [3.63, 3.8) is 0 Å². The van der Waals surface area contributed by atoms with E-state index in [-0.39, 0.29) is 0 Å². The molecule has 1 aromatic rings. The maximum atomic E-state index is 10.6. The Morgan fingerprint density at radius 2 is 2.00 bits per heavy atom. The third-order valence-electron chi connectivity index (χ3n) is 4.16. The highest BCUT2D eigenvalue weighted by molar-refractivity contribution is 7.12. The van der Waals surface area contributed by atoms with Gasteiger partial charge in [0.05, 0.1) is 5.60 Å². The van der Waals surface area contributed by atoms with E-state index in [2.05, 4.69) is 39.1 Å². The summed E-state index contributed by atoms with van der Waals surface area (Å²) in [5.74, 6) is 0.506. The number of nitrogens with one attached hydrogen (secondary N) is 1. The van der Waals surface area contributed by atoms with Crippen LogP contribution in [0.1, 0.15) is 48.0 Å². The summed E-state index contributed by atoms with van der Waals surface area (Å²) in [6.07, 6.45) is 1.46. The lowest BCUT2D eigenvalue weighted by atomic mass is 9.91. The van der Waals surface area contributed by atoms with Crippen LogP contribution in [0.5, 0.6) is 0 Å². The van der Waals surface area contributed by atoms with E-state index in [1.54, 1.807) is 0 Å². The molecule has 0 amide bonds. The van der Waals surface area contributed by atoms with E-state index in [1.807, 2.05) is 11.3 Å². The second-order valence-corrected chi connectivity index (χ2v) is 7.77. The van der Waals surface area contributed by atoms with Crippen LogP contribution in [0, 0.1) is 19.8 Å². The first-order chi connectivity index (χ1) is 9.41. The van der Waals surface area contributed by atoms with Crippen LogP contribution in [0.3, 0.4) is 0 Å². The van der Waals surface area contributed by atoms with Crippen LogP contribution in [0.2, 0.25) is 0 Å². The third-order valence-corrected chi connectivity index (χ3v) is 5.14. The summed E-state index contributed by atoms with van der Waals surface area (Å²) in [6, 6.07) is 2.60. The monoisotopic (exact) mass is 297 g/mol. The first-order valence-corrected chi connectivity index (χ1v) is 8.33. The van der Waals surface area contributed by atoms with Crippen molar-refractivity contribution in [1.82, 2.24) is 5.32 Å². The smallest absolute Gasteiger partial charge is 0.0815 e. The summed E-state index contributed by atoms with van der Waals surface area (Å²) in [6.45, 7) is 10.8. The Hall–Kier alpha value is -0.420. The van der Waals surface area contributed by atoms with Crippen LogP contribution >= 0.6 is 11.3 Å². The highest BCUT2D eigenvalue weighted by atomic mass is 32.1. The van der Waals surface area contributed by atoms with Gasteiger partial charge in [0.2, 0.25) is 0 Å². The zero-order valence-corrected chi connectivity index (χ0v) is 13.8. The van der Waals surface area contributed by atoms with E-state index in [0.717, 1.165) is 12.8 Å². The fourth-order valence-corrected chi connectivity index (χ4v) is 3.86. The van der Waals surface area contributed by atoms with E-state index in [0.29, 0.717) is 31.7 Å². The molecule has 4 heteroatoms. The summed E-state index contributed by atoms with van der Waals surface area (Å²) in [5.41, 5.74) is 0.780. The van der Waals surface area contributed by atoms with Crippen molar-refractivity contribution >= 4 is 11.3 Å². The van der Waals surface area contributed by atoms with Gasteiger partial charge in [-0.1, -0.05) is 13.8 Å². The number of aliphatic hydroxyl groups is 1. The van der Waals surface area contributed by atoms with Crippen molar-refractivity contribution in [2.45, 2.75) is 52.2 Å². The minimum atomic E-state index is -0.607. The molecule has 1 aliphatic rings. The Bertz CT molecular complexity index is 436. The molecule has 1 aromatic heterocycles. The molecule has 1 unspecified atom stereocenters. The first kappa shape index (κ1) is 16.0. The van der Waals surface area contributed by atoms with Crippen LogP contribution in [0.25, 0.3) is 0 Å². The highest BCUT2D eigenvalue weighted by Gasteiger charge is 2.31. The number of thiophene rings is 1. The number of ether oxygens (including phenoxy) is 1. The zero-order valence-electron chi connectivity index (χ0n) is 13.0. The topological polar surface area (TPSA) is 41.5 Å². The zero-order chi connectivity index (χ0) is 14.8. The van der Waals surface area contributed by atoms with E-state index in [1.165, 1.54) is 15.3 Å². The molecule has 0 aliphatic carbocycles. The molecule has 2 heterocycles. The summed E-state index contributed by atoms with van der Waals surface area (Å²) < 4.78 is 5.34. The van der Waals surface area contributed by atoms with Gasteiger partial charge in [-0.25, -0.2) is 0 Å². The molecular weight excluding hydrogens is 270 g/mol. The third kappa shape index (κ3) is 3.82. The van der Waals surface area contributed by atoms with Gasteiger partial charge in [-0.15, -0.1) is 11.3 Å². The molecule has 0 radical (unpaired) electrons. The molecule has 1 saturated heterocycles. The Kier molecular flexibility index (Phi) is 5.24. The summed E-state index contributed by atoms with van der Waals surface area (Å²) in [5, 5.41) is 14.2. The number of hydrogen-bond acceptors (Lipinski definition) is 4. The molecule has 0 bridgehead atoms. The largest absolute Gasteiger partial charge is 0.388 e. The summed E-state index contributed by atoms with van der Waals surface area (Å²) in [4.78, 5) is 2.74. The minimum Gasteiger partial charge on any atom is -0.388 e. The Balaban J connectivity index is 2.05. The van der Waals surface area contributed by atoms with Gasteiger partial charge < -0.3 is 15.2 Å². The Morgan fingerprint density at radius 1 is 1.35 bits per heavy atom. The van der Waals surface area contributed by atoms with Crippen molar-refractivity contribution < 1.29 is 9.84 Å². The van der Waals surface area contributed by atoms with Gasteiger partial charge in [-0.2, -0.15) is 0 Å². The molecule has 1 fully saturated rings. The lowest BCUT2D eigenvalue weighted by Crippen LogP contribution is -2.46. The van der Waals surface area contributed by atoms with Gasteiger partial charge >= 0.3 is 0 Å². The van der Waals surface area contributed by atoms with Gasteiger partial charge in [0.15, 0.2) is 0 Å². The molecule has 114 valence electrons. The van der Waals surface area contributed by atoms with Crippen molar-refractivity contribution in [3.8, 4) is 0 Å².